The van der Waals surface area contributed by atoms with Crippen molar-refractivity contribution < 1.29 is 9.53 Å². The van der Waals surface area contributed by atoms with Crippen LogP contribution in [0.4, 0.5) is 0 Å². The number of hydrogen-bond donors (Lipinski definition) is 2. The van der Waals surface area contributed by atoms with Crippen molar-refractivity contribution >= 4 is 16.8 Å². The number of para-hydroxylation sites is 1. The van der Waals surface area contributed by atoms with Crippen molar-refractivity contribution in [3.8, 4) is 0 Å². The molecule has 0 aliphatic carbocycles. The van der Waals surface area contributed by atoms with E-state index in [0.29, 0.717) is 12.3 Å². The van der Waals surface area contributed by atoms with Crippen LogP contribution in [0.3, 0.4) is 0 Å². The molecular formula is C17H19N5O2. The van der Waals surface area contributed by atoms with Crippen LogP contribution in [0.2, 0.25) is 0 Å². The van der Waals surface area contributed by atoms with Gasteiger partial charge in [-0.2, -0.15) is 10.2 Å². The quantitative estimate of drug-likeness (QED) is 0.771. The summed E-state index contributed by atoms with van der Waals surface area (Å²) in [7, 11) is 1.87. The predicted molar refractivity (Wildman–Crippen MR) is 88.5 cm³/mol. The summed E-state index contributed by atoms with van der Waals surface area (Å²) in [5.74, 6) is -0.183. The molecule has 2 N–H and O–H groups in total. The molecule has 7 nitrogen and oxygen atoms in total. The number of hydrogen-bond acceptors (Lipinski definition) is 4. The van der Waals surface area contributed by atoms with Crippen molar-refractivity contribution in [2.75, 3.05) is 6.61 Å². The maximum absolute atomic E-state index is 12.7. The Balaban J connectivity index is 1.57. The van der Waals surface area contributed by atoms with Gasteiger partial charge in [-0.3, -0.25) is 14.6 Å². The number of carbonyl (C=O) groups excluding carboxylic acids is 1. The van der Waals surface area contributed by atoms with Gasteiger partial charge >= 0.3 is 0 Å². The van der Waals surface area contributed by atoms with Gasteiger partial charge in [-0.15, -0.1) is 0 Å². The molecule has 2 atom stereocenters. The molecule has 3 heterocycles. The number of benzene rings is 1. The normalized spacial score (nSPS) is 21.0. The first kappa shape index (κ1) is 14.9. The van der Waals surface area contributed by atoms with E-state index in [0.717, 1.165) is 29.3 Å². The van der Waals surface area contributed by atoms with Gasteiger partial charge in [-0.1, -0.05) is 18.2 Å². The van der Waals surface area contributed by atoms with Gasteiger partial charge < -0.3 is 10.1 Å². The summed E-state index contributed by atoms with van der Waals surface area (Å²) in [4.78, 5) is 12.7. The lowest BCUT2D eigenvalue weighted by molar-refractivity contribution is -0.00953. The Hall–Kier alpha value is -2.67. The van der Waals surface area contributed by atoms with Gasteiger partial charge in [0.05, 0.1) is 17.8 Å². The highest BCUT2D eigenvalue weighted by molar-refractivity contribution is 6.04. The van der Waals surface area contributed by atoms with Crippen molar-refractivity contribution in [3.05, 3.63) is 47.9 Å². The zero-order chi connectivity index (χ0) is 16.5. The minimum atomic E-state index is -0.183. The van der Waals surface area contributed by atoms with Crippen molar-refractivity contribution in [1.82, 2.24) is 25.3 Å². The zero-order valence-corrected chi connectivity index (χ0v) is 13.4. The summed E-state index contributed by atoms with van der Waals surface area (Å²) in [6, 6.07) is 7.52. The number of nitrogens with zero attached hydrogens (tertiary/aromatic N) is 3. The summed E-state index contributed by atoms with van der Waals surface area (Å²) in [6.07, 6.45) is 5.33. The lowest BCUT2D eigenvalue weighted by atomic mass is 9.98. The van der Waals surface area contributed by atoms with E-state index in [2.05, 4.69) is 20.6 Å². The third-order valence-corrected chi connectivity index (χ3v) is 4.38. The number of aromatic nitrogens is 4. The molecule has 7 heteroatoms. The Labute approximate surface area is 139 Å². The van der Waals surface area contributed by atoms with E-state index in [1.54, 1.807) is 10.9 Å². The molecule has 0 spiro atoms. The number of carbonyl (C=O) groups is 1. The van der Waals surface area contributed by atoms with Crippen LogP contribution in [0.15, 0.2) is 36.7 Å². The minimum Gasteiger partial charge on any atom is -0.371 e. The molecule has 0 bridgehead atoms. The summed E-state index contributed by atoms with van der Waals surface area (Å²) in [5.41, 5.74) is 2.25. The molecule has 1 aromatic carbocycles. The minimum absolute atomic E-state index is 0.0917. The first-order valence-corrected chi connectivity index (χ1v) is 8.06. The number of rotatable bonds is 3. The molecule has 1 fully saturated rings. The lowest BCUT2D eigenvalue weighted by Gasteiger charge is -2.31. The second-order valence-electron chi connectivity index (χ2n) is 6.08. The Kier molecular flexibility index (Phi) is 3.78. The number of ether oxygens (including phenoxy) is 1. The van der Waals surface area contributed by atoms with Gasteiger partial charge in [0.15, 0.2) is 5.69 Å². The molecule has 24 heavy (non-hydrogen) atoms. The van der Waals surface area contributed by atoms with Crippen molar-refractivity contribution in [2.24, 2.45) is 7.05 Å². The third kappa shape index (κ3) is 2.67. The number of amides is 1. The monoisotopic (exact) mass is 325 g/mol. The van der Waals surface area contributed by atoms with Gasteiger partial charge in [-0.05, 0) is 18.9 Å². The van der Waals surface area contributed by atoms with E-state index in [9.17, 15) is 4.79 Å². The lowest BCUT2D eigenvalue weighted by Crippen LogP contribution is -2.42. The highest BCUT2D eigenvalue weighted by atomic mass is 16.5. The van der Waals surface area contributed by atoms with Gasteiger partial charge in [0, 0.05) is 30.8 Å². The topological polar surface area (TPSA) is 84.8 Å². The number of nitrogens with one attached hydrogen (secondary N) is 2. The second-order valence-corrected chi connectivity index (χ2v) is 6.08. The average Bonchev–Trinajstić information content (AvgIpc) is 3.21. The predicted octanol–water partition coefficient (Wildman–Crippen LogP) is 1.95. The van der Waals surface area contributed by atoms with Gasteiger partial charge in [-0.25, -0.2) is 0 Å². The Morgan fingerprint density at radius 2 is 2.29 bits per heavy atom. The molecule has 1 aliphatic heterocycles. The molecule has 4 rings (SSSR count). The van der Waals surface area contributed by atoms with E-state index in [4.69, 9.17) is 4.74 Å². The Morgan fingerprint density at radius 3 is 3.12 bits per heavy atom. The average molecular weight is 325 g/mol. The van der Waals surface area contributed by atoms with Crippen molar-refractivity contribution in [3.63, 3.8) is 0 Å². The number of aryl methyl sites for hydroxylation is 1. The van der Waals surface area contributed by atoms with Gasteiger partial charge in [0.2, 0.25) is 0 Å². The molecule has 0 radical (unpaired) electrons. The van der Waals surface area contributed by atoms with Gasteiger partial charge in [0.25, 0.3) is 5.91 Å². The number of H-pyrrole nitrogens is 1. The maximum atomic E-state index is 12.7. The largest absolute Gasteiger partial charge is 0.371 e. The third-order valence-electron chi connectivity index (χ3n) is 4.38. The SMILES string of the molecule is Cn1cc([C@H]2OCCC[C@@H]2NC(=O)c2n[nH]c3ccccc23)cn1. The van der Waals surface area contributed by atoms with Crippen LogP contribution in [-0.4, -0.2) is 38.5 Å². The maximum Gasteiger partial charge on any atom is 0.272 e. The molecular weight excluding hydrogens is 306 g/mol. The van der Waals surface area contributed by atoms with E-state index < -0.39 is 0 Å². The molecule has 3 aromatic rings. The number of aromatic amines is 1. The van der Waals surface area contributed by atoms with Crippen LogP contribution in [0.1, 0.15) is 35.0 Å². The number of fused-ring (bicyclic) bond motifs is 1. The molecule has 124 valence electrons. The summed E-state index contributed by atoms with van der Waals surface area (Å²) in [5, 5.41) is 15.2. The second kappa shape index (κ2) is 6.09. The van der Waals surface area contributed by atoms with Crippen molar-refractivity contribution in [1.29, 1.82) is 0 Å². The fourth-order valence-electron chi connectivity index (χ4n) is 3.22. The summed E-state index contributed by atoms with van der Waals surface area (Å²) >= 11 is 0. The van der Waals surface area contributed by atoms with Crippen LogP contribution in [0.25, 0.3) is 10.9 Å². The molecule has 1 aliphatic rings. The van der Waals surface area contributed by atoms with Crippen LogP contribution in [0, 0.1) is 0 Å². The standard InChI is InChI=1S/C17H19N5O2/c1-22-10-11(9-18-22)16-14(7-4-8-24-16)19-17(23)15-12-5-2-3-6-13(12)20-21-15/h2-3,5-6,9-10,14,16H,4,7-8H2,1H3,(H,19,23)(H,20,21)/t14-,16+/m0/s1. The highest BCUT2D eigenvalue weighted by Gasteiger charge is 2.30. The molecule has 2 aromatic heterocycles. The fraction of sp³-hybridized carbons (Fsp3) is 0.353. The molecule has 1 saturated heterocycles. The van der Waals surface area contributed by atoms with Gasteiger partial charge in [0.1, 0.15) is 6.10 Å². The summed E-state index contributed by atoms with van der Waals surface area (Å²) in [6.45, 7) is 0.692. The Bertz CT molecular complexity index is 869. The van der Waals surface area contributed by atoms with E-state index in [-0.39, 0.29) is 18.1 Å². The molecule has 0 saturated carbocycles. The zero-order valence-electron chi connectivity index (χ0n) is 13.4. The van der Waals surface area contributed by atoms with Crippen LogP contribution < -0.4 is 5.32 Å². The fourth-order valence-corrected chi connectivity index (χ4v) is 3.22. The highest BCUT2D eigenvalue weighted by Crippen LogP contribution is 2.28. The molecule has 1 amide bonds. The Morgan fingerprint density at radius 1 is 1.42 bits per heavy atom. The van der Waals surface area contributed by atoms with E-state index >= 15 is 0 Å². The van der Waals surface area contributed by atoms with Crippen LogP contribution >= 0.6 is 0 Å². The van der Waals surface area contributed by atoms with Crippen molar-refractivity contribution in [2.45, 2.75) is 25.0 Å². The van der Waals surface area contributed by atoms with Crippen LogP contribution in [0.5, 0.6) is 0 Å². The van der Waals surface area contributed by atoms with E-state index in [1.807, 2.05) is 37.5 Å². The molecule has 0 unspecified atom stereocenters. The summed E-state index contributed by atoms with van der Waals surface area (Å²) < 4.78 is 7.64. The first-order valence-electron chi connectivity index (χ1n) is 8.06. The smallest absolute Gasteiger partial charge is 0.272 e. The van der Waals surface area contributed by atoms with E-state index in [1.165, 1.54) is 0 Å². The van der Waals surface area contributed by atoms with Crippen LogP contribution in [-0.2, 0) is 11.8 Å². The first-order chi connectivity index (χ1) is 11.7.